The van der Waals surface area contributed by atoms with Crippen LogP contribution < -0.4 is 4.74 Å². The van der Waals surface area contributed by atoms with E-state index in [1.54, 1.807) is 7.11 Å². The van der Waals surface area contributed by atoms with Crippen LogP contribution >= 0.6 is 0 Å². The fourth-order valence-electron chi connectivity index (χ4n) is 3.50. The smallest absolute Gasteiger partial charge is 0.136 e. The Morgan fingerprint density at radius 3 is 2.84 bits per heavy atom. The van der Waals surface area contributed by atoms with Crippen molar-refractivity contribution >= 4 is 10.8 Å². The number of H-pyrrole nitrogens is 1. The molecule has 0 bridgehead atoms. The van der Waals surface area contributed by atoms with Crippen molar-refractivity contribution in [3.63, 3.8) is 0 Å². The third-order valence-electron chi connectivity index (χ3n) is 4.77. The molecule has 0 saturated carbocycles. The van der Waals surface area contributed by atoms with Crippen molar-refractivity contribution in [2.24, 2.45) is 0 Å². The second-order valence-corrected chi connectivity index (χ2v) is 6.52. The van der Waals surface area contributed by atoms with Gasteiger partial charge in [-0.15, -0.1) is 0 Å². The van der Waals surface area contributed by atoms with Gasteiger partial charge in [0.15, 0.2) is 0 Å². The molecule has 1 aromatic heterocycles. The zero-order chi connectivity index (χ0) is 17.2. The van der Waals surface area contributed by atoms with E-state index in [1.165, 1.54) is 10.9 Å². The van der Waals surface area contributed by atoms with Gasteiger partial charge in [0.05, 0.1) is 13.7 Å². The third-order valence-corrected chi connectivity index (χ3v) is 4.77. The number of nitrogens with one attached hydrogen (secondary N) is 1. The SMILES string of the molecule is COc1ccc(CN2CCOC(c3ncc(C)[nH]3)C2)c2ccccc12. The van der Waals surface area contributed by atoms with Crippen molar-refractivity contribution in [3.05, 3.63) is 59.7 Å². The molecule has 1 aliphatic rings. The molecular weight excluding hydrogens is 314 g/mol. The van der Waals surface area contributed by atoms with E-state index in [-0.39, 0.29) is 6.10 Å². The van der Waals surface area contributed by atoms with Crippen LogP contribution in [0.2, 0.25) is 0 Å². The number of ether oxygens (including phenoxy) is 2. The van der Waals surface area contributed by atoms with Gasteiger partial charge in [0.2, 0.25) is 0 Å². The Kier molecular flexibility index (Phi) is 4.42. The first-order chi connectivity index (χ1) is 12.2. The van der Waals surface area contributed by atoms with Crippen molar-refractivity contribution in [1.82, 2.24) is 14.9 Å². The fraction of sp³-hybridized carbons (Fsp3) is 0.350. The second-order valence-electron chi connectivity index (χ2n) is 6.52. The largest absolute Gasteiger partial charge is 0.496 e. The molecule has 5 nitrogen and oxygen atoms in total. The van der Waals surface area contributed by atoms with Crippen LogP contribution in [-0.2, 0) is 11.3 Å². The summed E-state index contributed by atoms with van der Waals surface area (Å²) in [5.74, 6) is 1.84. The Balaban J connectivity index is 1.57. The molecule has 1 fully saturated rings. The van der Waals surface area contributed by atoms with Gasteiger partial charge in [-0.3, -0.25) is 4.90 Å². The van der Waals surface area contributed by atoms with Crippen molar-refractivity contribution in [3.8, 4) is 5.75 Å². The van der Waals surface area contributed by atoms with Gasteiger partial charge in [0.1, 0.15) is 17.7 Å². The van der Waals surface area contributed by atoms with Crippen LogP contribution in [0.5, 0.6) is 5.75 Å². The molecule has 5 heteroatoms. The monoisotopic (exact) mass is 337 g/mol. The van der Waals surface area contributed by atoms with Gasteiger partial charge in [-0.2, -0.15) is 0 Å². The number of hydrogen-bond acceptors (Lipinski definition) is 4. The maximum absolute atomic E-state index is 5.91. The molecule has 1 N–H and O–H groups in total. The lowest BCUT2D eigenvalue weighted by Gasteiger charge is -2.32. The van der Waals surface area contributed by atoms with E-state index in [0.717, 1.165) is 48.9 Å². The predicted molar refractivity (Wildman–Crippen MR) is 97.8 cm³/mol. The molecule has 0 amide bonds. The fourth-order valence-corrected chi connectivity index (χ4v) is 3.50. The average molecular weight is 337 g/mol. The maximum atomic E-state index is 5.91. The highest BCUT2D eigenvalue weighted by Gasteiger charge is 2.24. The summed E-state index contributed by atoms with van der Waals surface area (Å²) in [4.78, 5) is 10.2. The molecular formula is C20H23N3O2. The summed E-state index contributed by atoms with van der Waals surface area (Å²) >= 11 is 0. The summed E-state index contributed by atoms with van der Waals surface area (Å²) in [7, 11) is 1.72. The van der Waals surface area contributed by atoms with Crippen LogP contribution in [-0.4, -0.2) is 41.7 Å². The van der Waals surface area contributed by atoms with Crippen LogP contribution in [0, 0.1) is 6.92 Å². The van der Waals surface area contributed by atoms with Gasteiger partial charge in [0.25, 0.3) is 0 Å². The minimum atomic E-state index is 0.00645. The molecule has 2 aromatic carbocycles. The van der Waals surface area contributed by atoms with E-state index in [2.05, 4.69) is 51.3 Å². The molecule has 4 rings (SSSR count). The lowest BCUT2D eigenvalue weighted by molar-refractivity contribution is -0.0367. The van der Waals surface area contributed by atoms with Crippen LogP contribution in [0.4, 0.5) is 0 Å². The maximum Gasteiger partial charge on any atom is 0.136 e. The van der Waals surface area contributed by atoms with E-state index in [4.69, 9.17) is 9.47 Å². The normalized spacial score (nSPS) is 18.6. The number of hydrogen-bond donors (Lipinski definition) is 1. The average Bonchev–Trinajstić information content (AvgIpc) is 3.09. The van der Waals surface area contributed by atoms with Crippen molar-refractivity contribution < 1.29 is 9.47 Å². The number of nitrogens with zero attached hydrogens (tertiary/aromatic N) is 2. The lowest BCUT2D eigenvalue weighted by Crippen LogP contribution is -2.38. The number of rotatable bonds is 4. The van der Waals surface area contributed by atoms with Crippen LogP contribution in [0.3, 0.4) is 0 Å². The van der Waals surface area contributed by atoms with Gasteiger partial charge in [0, 0.05) is 36.9 Å². The van der Waals surface area contributed by atoms with E-state index >= 15 is 0 Å². The Morgan fingerprint density at radius 1 is 1.24 bits per heavy atom. The summed E-state index contributed by atoms with van der Waals surface area (Å²) < 4.78 is 11.4. The molecule has 1 saturated heterocycles. The molecule has 3 aromatic rings. The Bertz CT molecular complexity index is 874. The molecule has 25 heavy (non-hydrogen) atoms. The summed E-state index contributed by atoms with van der Waals surface area (Å²) in [6.45, 7) is 5.40. The molecule has 0 spiro atoms. The summed E-state index contributed by atoms with van der Waals surface area (Å²) in [5, 5.41) is 2.41. The predicted octanol–water partition coefficient (Wildman–Crippen LogP) is 3.45. The number of morpholine rings is 1. The number of imidazole rings is 1. The number of aromatic amines is 1. The summed E-state index contributed by atoms with van der Waals surface area (Å²) in [6, 6.07) is 12.7. The molecule has 2 heterocycles. The molecule has 1 aliphatic heterocycles. The number of methoxy groups -OCH3 is 1. The highest BCUT2D eigenvalue weighted by molar-refractivity contribution is 5.91. The Hall–Kier alpha value is -2.37. The molecule has 130 valence electrons. The standard InChI is InChI=1S/C20H23N3O2/c1-14-11-21-20(22-14)19-13-23(9-10-25-19)12-15-7-8-18(24-2)17-6-4-3-5-16(15)17/h3-8,11,19H,9-10,12-13H2,1-2H3,(H,21,22). The van der Waals surface area contributed by atoms with Crippen LogP contribution in [0.1, 0.15) is 23.2 Å². The Morgan fingerprint density at radius 2 is 2.08 bits per heavy atom. The molecule has 0 radical (unpaired) electrons. The van der Waals surface area contributed by atoms with Gasteiger partial charge < -0.3 is 14.5 Å². The first-order valence-corrected chi connectivity index (χ1v) is 8.64. The van der Waals surface area contributed by atoms with Crippen molar-refractivity contribution in [2.45, 2.75) is 19.6 Å². The highest BCUT2D eigenvalue weighted by Crippen LogP contribution is 2.30. The Labute approximate surface area is 147 Å². The van der Waals surface area contributed by atoms with Gasteiger partial charge in [-0.1, -0.05) is 30.3 Å². The van der Waals surface area contributed by atoms with E-state index in [9.17, 15) is 0 Å². The van der Waals surface area contributed by atoms with Crippen molar-refractivity contribution in [1.29, 1.82) is 0 Å². The zero-order valence-corrected chi connectivity index (χ0v) is 14.7. The topological polar surface area (TPSA) is 50.4 Å². The minimum absolute atomic E-state index is 0.00645. The first-order valence-electron chi connectivity index (χ1n) is 8.64. The zero-order valence-electron chi connectivity index (χ0n) is 14.7. The van der Waals surface area contributed by atoms with Gasteiger partial charge in [-0.25, -0.2) is 4.98 Å². The second kappa shape index (κ2) is 6.86. The third kappa shape index (κ3) is 3.25. The van der Waals surface area contributed by atoms with Gasteiger partial charge >= 0.3 is 0 Å². The number of benzene rings is 2. The van der Waals surface area contributed by atoms with E-state index in [0.29, 0.717) is 0 Å². The number of aromatic nitrogens is 2. The highest BCUT2D eigenvalue weighted by atomic mass is 16.5. The van der Waals surface area contributed by atoms with Crippen molar-refractivity contribution in [2.75, 3.05) is 26.8 Å². The quantitative estimate of drug-likeness (QED) is 0.792. The van der Waals surface area contributed by atoms with E-state index in [1.807, 2.05) is 13.1 Å². The van der Waals surface area contributed by atoms with Gasteiger partial charge in [-0.05, 0) is 23.9 Å². The lowest BCUT2D eigenvalue weighted by atomic mass is 10.0. The summed E-state index contributed by atoms with van der Waals surface area (Å²) in [6.07, 6.45) is 1.86. The van der Waals surface area contributed by atoms with E-state index < -0.39 is 0 Å². The summed E-state index contributed by atoms with van der Waals surface area (Å²) in [5.41, 5.74) is 2.38. The number of fused-ring (bicyclic) bond motifs is 1. The molecule has 0 aliphatic carbocycles. The van der Waals surface area contributed by atoms with Crippen LogP contribution in [0.15, 0.2) is 42.6 Å². The number of aryl methyl sites for hydroxylation is 1. The van der Waals surface area contributed by atoms with Crippen LogP contribution in [0.25, 0.3) is 10.8 Å². The first kappa shape index (κ1) is 16.1. The minimum Gasteiger partial charge on any atom is -0.496 e. The molecule has 1 unspecified atom stereocenters. The molecule has 1 atom stereocenters.